The number of H-pyrrole nitrogens is 1. The summed E-state index contributed by atoms with van der Waals surface area (Å²) in [5.74, 6) is 1.28. The molecule has 160 valence electrons. The van der Waals surface area contributed by atoms with Crippen LogP contribution in [0.1, 0.15) is 18.5 Å². The lowest BCUT2D eigenvalue weighted by Gasteiger charge is -2.16. The first-order valence-electron chi connectivity index (χ1n) is 10.1. The Labute approximate surface area is 183 Å². The van der Waals surface area contributed by atoms with Crippen molar-refractivity contribution < 1.29 is 19.3 Å². The lowest BCUT2D eigenvalue weighted by Crippen LogP contribution is -2.16. The van der Waals surface area contributed by atoms with Gasteiger partial charge in [-0.1, -0.05) is 11.6 Å². The molecule has 31 heavy (non-hydrogen) atoms. The van der Waals surface area contributed by atoms with E-state index >= 15 is 0 Å². The molecule has 7 nitrogen and oxygen atoms in total. The van der Waals surface area contributed by atoms with Crippen molar-refractivity contribution in [3.8, 4) is 28.5 Å². The number of hydrogen-bond acceptors (Lipinski definition) is 6. The van der Waals surface area contributed by atoms with E-state index in [9.17, 15) is 5.11 Å². The Kier molecular flexibility index (Phi) is 5.08. The van der Waals surface area contributed by atoms with E-state index in [-0.39, 0.29) is 16.9 Å². The molecule has 4 aromatic rings. The largest absolute Gasteiger partial charge is 0.506 e. The number of benzene rings is 2. The van der Waals surface area contributed by atoms with Crippen molar-refractivity contribution in [3.05, 3.63) is 41.0 Å². The maximum absolute atomic E-state index is 9.83. The van der Waals surface area contributed by atoms with E-state index in [1.54, 1.807) is 25.3 Å². The molecular weight excluding hydrogens is 418 g/mol. The van der Waals surface area contributed by atoms with Gasteiger partial charge in [0.2, 0.25) is 0 Å². The number of ether oxygens (including phenoxy) is 3. The van der Waals surface area contributed by atoms with Gasteiger partial charge in [-0.2, -0.15) is 5.10 Å². The zero-order valence-corrected chi connectivity index (χ0v) is 18.0. The van der Waals surface area contributed by atoms with Crippen molar-refractivity contribution in [1.29, 1.82) is 0 Å². The Morgan fingerprint density at radius 3 is 2.81 bits per heavy atom. The third-order valence-electron chi connectivity index (χ3n) is 5.64. The number of phenols is 1. The highest BCUT2D eigenvalue weighted by atomic mass is 35.5. The first-order chi connectivity index (χ1) is 15.0. The number of aromatic hydroxyl groups is 1. The summed E-state index contributed by atoms with van der Waals surface area (Å²) < 4.78 is 17.4. The van der Waals surface area contributed by atoms with Gasteiger partial charge < -0.3 is 19.3 Å². The Morgan fingerprint density at radius 2 is 2.06 bits per heavy atom. The summed E-state index contributed by atoms with van der Waals surface area (Å²) in [5, 5.41) is 20.2. The summed E-state index contributed by atoms with van der Waals surface area (Å²) >= 11 is 6.17. The van der Waals surface area contributed by atoms with Gasteiger partial charge in [0.25, 0.3) is 0 Å². The Balaban J connectivity index is 1.71. The topological polar surface area (TPSA) is 89.5 Å². The van der Waals surface area contributed by atoms with Crippen LogP contribution in [0.25, 0.3) is 33.1 Å². The zero-order chi connectivity index (χ0) is 21.5. The van der Waals surface area contributed by atoms with Gasteiger partial charge in [-0.3, -0.25) is 5.10 Å². The molecule has 1 aliphatic heterocycles. The molecule has 1 fully saturated rings. The predicted molar refractivity (Wildman–Crippen MR) is 119 cm³/mol. The van der Waals surface area contributed by atoms with E-state index in [1.165, 1.54) is 0 Å². The first-order valence-corrected chi connectivity index (χ1v) is 10.5. The van der Waals surface area contributed by atoms with E-state index in [4.69, 9.17) is 30.8 Å². The van der Waals surface area contributed by atoms with Crippen LogP contribution in [0.3, 0.4) is 0 Å². The minimum Gasteiger partial charge on any atom is -0.506 e. The number of phenolic OH excluding ortho intramolecular Hbond substituents is 1. The third-order valence-corrected chi connectivity index (χ3v) is 5.95. The highest BCUT2D eigenvalue weighted by Crippen LogP contribution is 2.41. The van der Waals surface area contributed by atoms with Crippen LogP contribution in [0.15, 0.2) is 30.3 Å². The predicted octanol–water partition coefficient (Wildman–Crippen LogP) is 5.01. The van der Waals surface area contributed by atoms with E-state index in [1.807, 2.05) is 19.1 Å². The number of aromatic nitrogens is 3. The molecule has 3 heterocycles. The molecule has 0 spiro atoms. The third kappa shape index (κ3) is 3.54. The molecule has 2 aromatic carbocycles. The summed E-state index contributed by atoms with van der Waals surface area (Å²) in [6.45, 7) is 3.22. The van der Waals surface area contributed by atoms with Crippen molar-refractivity contribution in [2.75, 3.05) is 20.3 Å². The summed E-state index contributed by atoms with van der Waals surface area (Å²) in [6.07, 6.45) is 2.15. The number of nitrogens with zero attached hydrogens (tertiary/aromatic N) is 2. The monoisotopic (exact) mass is 439 g/mol. The molecule has 8 heteroatoms. The van der Waals surface area contributed by atoms with Gasteiger partial charge in [-0.05, 0) is 50.1 Å². The second kappa shape index (κ2) is 7.90. The Hall–Kier alpha value is -3.03. The van der Waals surface area contributed by atoms with Gasteiger partial charge in [0, 0.05) is 34.0 Å². The first kappa shape index (κ1) is 19.9. The molecule has 1 saturated heterocycles. The average Bonchev–Trinajstić information content (AvgIpc) is 3.43. The van der Waals surface area contributed by atoms with Crippen LogP contribution in [-0.2, 0) is 4.74 Å². The minimum absolute atomic E-state index is 0.0220. The average molecular weight is 440 g/mol. The number of halogens is 1. The minimum atomic E-state index is 0.0220. The zero-order valence-electron chi connectivity index (χ0n) is 17.2. The maximum atomic E-state index is 9.83. The molecular formula is C23H22ClN3O4. The fourth-order valence-electron chi connectivity index (χ4n) is 4.05. The van der Waals surface area contributed by atoms with E-state index in [2.05, 4.69) is 10.2 Å². The summed E-state index contributed by atoms with van der Waals surface area (Å²) in [4.78, 5) is 4.78. The highest BCUT2D eigenvalue weighted by molar-refractivity contribution is 6.32. The van der Waals surface area contributed by atoms with Crippen molar-refractivity contribution in [3.63, 3.8) is 0 Å². The molecule has 2 N–H and O–H groups in total. The van der Waals surface area contributed by atoms with Crippen LogP contribution in [0.5, 0.6) is 17.2 Å². The normalized spacial score (nSPS) is 16.3. The quantitative estimate of drug-likeness (QED) is 0.454. The molecule has 0 radical (unpaired) electrons. The Morgan fingerprint density at radius 1 is 1.23 bits per heavy atom. The van der Waals surface area contributed by atoms with Crippen molar-refractivity contribution in [2.45, 2.75) is 25.9 Å². The van der Waals surface area contributed by atoms with E-state index in [0.29, 0.717) is 29.4 Å². The second-order valence-corrected chi connectivity index (χ2v) is 8.08. The fourth-order valence-corrected chi connectivity index (χ4v) is 4.23. The van der Waals surface area contributed by atoms with Crippen LogP contribution in [0.2, 0.25) is 5.02 Å². The molecule has 5 rings (SSSR count). The Bertz CT molecular complexity index is 1280. The van der Waals surface area contributed by atoms with Crippen molar-refractivity contribution in [2.24, 2.45) is 0 Å². The molecule has 0 aliphatic carbocycles. The van der Waals surface area contributed by atoms with Gasteiger partial charge in [-0.15, -0.1) is 0 Å². The highest BCUT2D eigenvalue weighted by Gasteiger charge is 2.21. The fraction of sp³-hybridized carbons (Fsp3) is 0.304. The number of rotatable bonds is 5. The smallest absolute Gasteiger partial charge is 0.182 e. The van der Waals surface area contributed by atoms with Crippen molar-refractivity contribution in [1.82, 2.24) is 15.2 Å². The number of hydrogen-bond donors (Lipinski definition) is 2. The van der Waals surface area contributed by atoms with Crippen LogP contribution < -0.4 is 9.47 Å². The standard InChI is InChI=1S/C23H22ClN3O4/c1-12-21-15-9-20(31-11-14-4-3-7-30-14)19(29-2)10-16(15)22(25-23(21)27-26-12)13-5-6-18(28)17(24)8-13/h5-6,8-10,14,28H,3-4,7,11H2,1-2H3,(H,25,26,27). The number of methoxy groups -OCH3 is 1. The summed E-state index contributed by atoms with van der Waals surface area (Å²) in [6, 6.07) is 8.93. The van der Waals surface area contributed by atoms with Gasteiger partial charge in [0.05, 0.1) is 23.9 Å². The number of aryl methyl sites for hydroxylation is 1. The molecule has 0 saturated carbocycles. The second-order valence-electron chi connectivity index (χ2n) is 7.67. The number of nitrogens with one attached hydrogen (secondary N) is 1. The maximum Gasteiger partial charge on any atom is 0.182 e. The SMILES string of the molecule is COc1cc2c(-c3ccc(O)c(Cl)c3)nc3n[nH]c(C)c3c2cc1OCC1CCCO1. The van der Waals surface area contributed by atoms with Gasteiger partial charge >= 0.3 is 0 Å². The van der Waals surface area contributed by atoms with E-state index < -0.39 is 0 Å². The number of aromatic amines is 1. The molecule has 2 aromatic heterocycles. The van der Waals surface area contributed by atoms with Crippen LogP contribution >= 0.6 is 11.6 Å². The van der Waals surface area contributed by atoms with Gasteiger partial charge in [0.15, 0.2) is 17.1 Å². The number of pyridine rings is 1. The molecule has 0 amide bonds. The molecule has 1 unspecified atom stereocenters. The van der Waals surface area contributed by atoms with Crippen molar-refractivity contribution >= 4 is 33.4 Å². The molecule has 0 bridgehead atoms. The summed E-state index contributed by atoms with van der Waals surface area (Å²) in [7, 11) is 1.62. The van der Waals surface area contributed by atoms with Gasteiger partial charge in [-0.25, -0.2) is 4.98 Å². The van der Waals surface area contributed by atoms with Crippen LogP contribution in [0.4, 0.5) is 0 Å². The van der Waals surface area contributed by atoms with Crippen LogP contribution in [0, 0.1) is 6.92 Å². The number of fused-ring (bicyclic) bond motifs is 3. The van der Waals surface area contributed by atoms with Crippen LogP contribution in [-0.4, -0.2) is 46.7 Å². The van der Waals surface area contributed by atoms with Gasteiger partial charge in [0.1, 0.15) is 12.4 Å². The van der Waals surface area contributed by atoms with E-state index in [0.717, 1.165) is 46.9 Å². The molecule has 1 atom stereocenters. The summed E-state index contributed by atoms with van der Waals surface area (Å²) in [5.41, 5.74) is 2.97. The lowest BCUT2D eigenvalue weighted by molar-refractivity contribution is 0.0670. The molecule has 1 aliphatic rings. The lowest BCUT2D eigenvalue weighted by atomic mass is 10.00.